The highest BCUT2D eigenvalue weighted by Crippen LogP contribution is 2.37. The van der Waals surface area contributed by atoms with Crippen LogP contribution in [0.3, 0.4) is 0 Å². The van der Waals surface area contributed by atoms with E-state index in [9.17, 15) is 9.18 Å². The van der Waals surface area contributed by atoms with E-state index in [1.54, 1.807) is 31.4 Å². The molecule has 1 aliphatic heterocycles. The Morgan fingerprint density at radius 3 is 2.67 bits per heavy atom. The molecule has 1 fully saturated rings. The lowest BCUT2D eigenvalue weighted by Crippen LogP contribution is -2.19. The molecule has 5 nitrogen and oxygen atoms in total. The second-order valence-electron chi connectivity index (χ2n) is 6.87. The van der Waals surface area contributed by atoms with E-state index in [4.69, 9.17) is 21.1 Å². The van der Waals surface area contributed by atoms with Gasteiger partial charge in [-0.05, 0) is 88.5 Å². The first-order chi connectivity index (χ1) is 15.9. The van der Waals surface area contributed by atoms with E-state index in [-0.39, 0.29) is 11.7 Å². The maximum Gasteiger partial charge on any atom is 0.264 e. The Morgan fingerprint density at radius 1 is 1.18 bits per heavy atom. The fourth-order valence-corrected chi connectivity index (χ4v) is 4.81. The molecular weight excluding hydrogens is 578 g/mol. The third-order valence-electron chi connectivity index (χ3n) is 4.59. The number of nitrogens with zero attached hydrogens (tertiary/aromatic N) is 1. The highest BCUT2D eigenvalue weighted by atomic mass is 127. The van der Waals surface area contributed by atoms with Gasteiger partial charge in [0.25, 0.3) is 5.91 Å². The molecule has 1 N–H and O–H groups in total. The van der Waals surface area contributed by atoms with Gasteiger partial charge in [0.1, 0.15) is 12.4 Å². The van der Waals surface area contributed by atoms with Crippen LogP contribution in [-0.4, -0.2) is 18.2 Å². The largest absolute Gasteiger partial charge is 0.493 e. The zero-order valence-corrected chi connectivity index (χ0v) is 21.0. The Hall–Kier alpha value is -2.56. The molecule has 0 bridgehead atoms. The van der Waals surface area contributed by atoms with E-state index >= 15 is 0 Å². The lowest BCUT2D eigenvalue weighted by Gasteiger charge is -2.14. The summed E-state index contributed by atoms with van der Waals surface area (Å²) in [5.74, 6) is 0.547. The second kappa shape index (κ2) is 10.6. The van der Waals surface area contributed by atoms with E-state index in [1.165, 1.54) is 23.9 Å². The molecule has 0 atom stereocenters. The monoisotopic (exact) mass is 594 g/mol. The van der Waals surface area contributed by atoms with Crippen molar-refractivity contribution in [2.45, 2.75) is 6.61 Å². The van der Waals surface area contributed by atoms with E-state index in [0.717, 1.165) is 14.7 Å². The normalized spacial score (nSPS) is 15.7. The Kier molecular flexibility index (Phi) is 7.56. The van der Waals surface area contributed by atoms with Crippen molar-refractivity contribution in [2.24, 2.45) is 4.99 Å². The molecule has 0 saturated carbocycles. The summed E-state index contributed by atoms with van der Waals surface area (Å²) in [6, 6.07) is 16.9. The van der Waals surface area contributed by atoms with Crippen LogP contribution in [0.15, 0.2) is 70.6 Å². The van der Waals surface area contributed by atoms with Crippen LogP contribution in [-0.2, 0) is 11.4 Å². The molecule has 1 amide bonds. The first-order valence-corrected chi connectivity index (χ1v) is 12.0. The average Bonchev–Trinajstić information content (AvgIpc) is 3.13. The number of amidine groups is 1. The molecule has 9 heteroatoms. The summed E-state index contributed by atoms with van der Waals surface area (Å²) in [5.41, 5.74) is 2.20. The molecule has 0 aromatic heterocycles. The van der Waals surface area contributed by atoms with Gasteiger partial charge in [-0.15, -0.1) is 0 Å². The molecular formula is C24H17ClFIN2O3S. The van der Waals surface area contributed by atoms with Crippen LogP contribution in [0.4, 0.5) is 10.1 Å². The number of carbonyl (C=O) groups is 1. The van der Waals surface area contributed by atoms with Crippen LogP contribution in [0, 0.1) is 9.39 Å². The molecule has 4 rings (SSSR count). The van der Waals surface area contributed by atoms with Gasteiger partial charge in [-0.2, -0.15) is 0 Å². The Morgan fingerprint density at radius 2 is 1.94 bits per heavy atom. The minimum atomic E-state index is -0.342. The van der Waals surface area contributed by atoms with Gasteiger partial charge < -0.3 is 14.8 Å². The standard InChI is InChI=1S/C24H17ClFIN2O3S/c1-31-20-11-14(10-19(27)22(20)32-13-15-4-2-3-5-18(15)25)12-21-23(30)29-24(33-21)28-17-8-6-16(26)7-9-17/h2-12H,13H2,1H3,(H,28,29,30)/b21-12+. The number of ether oxygens (including phenoxy) is 2. The number of hydrogen-bond acceptors (Lipinski definition) is 5. The second-order valence-corrected chi connectivity index (χ2v) is 9.47. The summed E-state index contributed by atoms with van der Waals surface area (Å²) in [4.78, 5) is 17.3. The number of halogens is 3. The van der Waals surface area contributed by atoms with Crippen molar-refractivity contribution in [2.75, 3.05) is 7.11 Å². The number of rotatable bonds is 6. The van der Waals surface area contributed by atoms with Crippen LogP contribution in [0.5, 0.6) is 11.5 Å². The topological polar surface area (TPSA) is 59.9 Å². The van der Waals surface area contributed by atoms with Crippen LogP contribution in [0.25, 0.3) is 6.08 Å². The Bertz CT molecular complexity index is 1270. The zero-order valence-electron chi connectivity index (χ0n) is 17.3. The number of methoxy groups -OCH3 is 1. The lowest BCUT2D eigenvalue weighted by atomic mass is 10.2. The SMILES string of the molecule is COc1cc(/C=C2/SC(=Nc3ccc(F)cc3)NC2=O)cc(I)c1OCc1ccccc1Cl. The van der Waals surface area contributed by atoms with Gasteiger partial charge in [0.2, 0.25) is 0 Å². The third kappa shape index (κ3) is 5.87. The molecule has 1 heterocycles. The summed E-state index contributed by atoms with van der Waals surface area (Å²) in [7, 11) is 1.56. The quantitative estimate of drug-likeness (QED) is 0.259. The van der Waals surface area contributed by atoms with Crippen molar-refractivity contribution in [3.63, 3.8) is 0 Å². The maximum absolute atomic E-state index is 13.1. The highest BCUT2D eigenvalue weighted by molar-refractivity contribution is 14.1. The maximum atomic E-state index is 13.1. The predicted molar refractivity (Wildman–Crippen MR) is 139 cm³/mol. The molecule has 168 valence electrons. The van der Waals surface area contributed by atoms with E-state index in [0.29, 0.717) is 38.9 Å². The van der Waals surface area contributed by atoms with Gasteiger partial charge in [-0.3, -0.25) is 4.79 Å². The van der Waals surface area contributed by atoms with Crippen LogP contribution >= 0.6 is 46.0 Å². The molecule has 1 saturated heterocycles. The molecule has 33 heavy (non-hydrogen) atoms. The summed E-state index contributed by atoms with van der Waals surface area (Å²) >= 11 is 9.60. The summed E-state index contributed by atoms with van der Waals surface area (Å²) in [5, 5.41) is 3.79. The fraction of sp³-hybridized carbons (Fsp3) is 0.0833. The van der Waals surface area contributed by atoms with Gasteiger partial charge in [0, 0.05) is 10.6 Å². The molecule has 0 radical (unpaired) electrons. The van der Waals surface area contributed by atoms with E-state index in [2.05, 4.69) is 32.9 Å². The number of hydrogen-bond donors (Lipinski definition) is 1. The van der Waals surface area contributed by atoms with Crippen molar-refractivity contribution in [3.05, 3.63) is 91.1 Å². The minimum absolute atomic E-state index is 0.256. The highest BCUT2D eigenvalue weighted by Gasteiger charge is 2.24. The van der Waals surface area contributed by atoms with Gasteiger partial charge >= 0.3 is 0 Å². The lowest BCUT2D eigenvalue weighted by molar-refractivity contribution is -0.115. The Balaban J connectivity index is 1.54. The molecule has 0 aliphatic carbocycles. The first-order valence-electron chi connectivity index (χ1n) is 9.72. The molecule has 3 aromatic rings. The minimum Gasteiger partial charge on any atom is -0.493 e. The van der Waals surface area contributed by atoms with Gasteiger partial charge in [-0.1, -0.05) is 29.8 Å². The first kappa shape index (κ1) is 23.6. The van der Waals surface area contributed by atoms with Crippen molar-refractivity contribution >= 4 is 68.8 Å². The summed E-state index contributed by atoms with van der Waals surface area (Å²) < 4.78 is 25.4. The van der Waals surface area contributed by atoms with Gasteiger partial charge in [0.05, 0.1) is 21.3 Å². The van der Waals surface area contributed by atoms with Crippen molar-refractivity contribution in [1.82, 2.24) is 5.32 Å². The smallest absolute Gasteiger partial charge is 0.264 e. The molecule has 0 unspecified atom stereocenters. The molecule has 3 aromatic carbocycles. The van der Waals surface area contributed by atoms with Crippen LogP contribution in [0.1, 0.15) is 11.1 Å². The molecule has 0 spiro atoms. The van der Waals surface area contributed by atoms with E-state index in [1.807, 2.05) is 30.3 Å². The van der Waals surface area contributed by atoms with Gasteiger partial charge in [0.15, 0.2) is 16.7 Å². The number of thioether (sulfide) groups is 1. The number of amides is 1. The average molecular weight is 595 g/mol. The van der Waals surface area contributed by atoms with Crippen molar-refractivity contribution in [1.29, 1.82) is 0 Å². The number of benzene rings is 3. The van der Waals surface area contributed by atoms with Crippen LogP contribution < -0.4 is 14.8 Å². The number of aliphatic imine (C=N–C) groups is 1. The zero-order chi connectivity index (χ0) is 23.4. The number of carbonyl (C=O) groups excluding carboxylic acids is 1. The van der Waals surface area contributed by atoms with Gasteiger partial charge in [-0.25, -0.2) is 9.38 Å². The predicted octanol–water partition coefficient (Wildman–Crippen LogP) is 6.56. The molecule has 1 aliphatic rings. The Labute approximate surface area is 213 Å². The van der Waals surface area contributed by atoms with Crippen molar-refractivity contribution in [3.8, 4) is 11.5 Å². The van der Waals surface area contributed by atoms with Crippen LogP contribution in [0.2, 0.25) is 5.02 Å². The van der Waals surface area contributed by atoms with E-state index < -0.39 is 0 Å². The third-order valence-corrected chi connectivity index (χ3v) is 6.67. The fourth-order valence-electron chi connectivity index (χ4n) is 2.99. The summed E-state index contributed by atoms with van der Waals surface area (Å²) in [6.45, 7) is 0.300. The number of nitrogens with one attached hydrogen (secondary N) is 1. The van der Waals surface area contributed by atoms with Crippen molar-refractivity contribution < 1.29 is 18.7 Å². The summed E-state index contributed by atoms with van der Waals surface area (Å²) in [6.07, 6.45) is 1.76.